The van der Waals surface area contributed by atoms with Gasteiger partial charge in [-0.1, -0.05) is 6.42 Å². The summed E-state index contributed by atoms with van der Waals surface area (Å²) in [5, 5.41) is 8.46. The maximum Gasteiger partial charge on any atom is 0.138 e. The van der Waals surface area contributed by atoms with Gasteiger partial charge in [0.05, 0.1) is 11.7 Å². The molecule has 0 saturated carbocycles. The van der Waals surface area contributed by atoms with Crippen molar-refractivity contribution in [2.75, 3.05) is 30.9 Å². The number of nitrogens with zero attached hydrogens (tertiary/aromatic N) is 3. The molecule has 174 valence electrons. The number of aromatic nitrogens is 2. The second kappa shape index (κ2) is 9.87. The van der Waals surface area contributed by atoms with Crippen molar-refractivity contribution >= 4 is 22.5 Å². The Morgan fingerprint density at radius 3 is 2.75 bits per heavy atom. The number of hydrazine groups is 1. The standard InChI is InChI=1S/C24H37N7O/c1-16-12-23(30-29-16)27-22-15-21-20(8-4-9-25-21)24(28-22)26-17-13-18-6-3-7-19(14-17)31(18)10-5-11-32-2/h4,8-9,15-19,23,29-30H,3,5-7,10-14H2,1-2H3,(H2,26,27,28)/t16?,17?,18-,19+,23?. The third kappa shape index (κ3) is 4.83. The average molecular weight is 440 g/mol. The van der Waals surface area contributed by atoms with Crippen LogP contribution in [-0.2, 0) is 4.74 Å². The van der Waals surface area contributed by atoms with E-state index in [1.807, 2.05) is 12.3 Å². The van der Waals surface area contributed by atoms with Crippen LogP contribution < -0.4 is 21.5 Å². The smallest absolute Gasteiger partial charge is 0.138 e. The molecule has 2 aromatic heterocycles. The van der Waals surface area contributed by atoms with E-state index in [9.17, 15) is 0 Å². The van der Waals surface area contributed by atoms with E-state index in [0.29, 0.717) is 24.2 Å². The van der Waals surface area contributed by atoms with Gasteiger partial charge in [-0.25, -0.2) is 10.4 Å². The van der Waals surface area contributed by atoms with E-state index in [1.165, 1.54) is 32.1 Å². The summed E-state index contributed by atoms with van der Waals surface area (Å²) in [6.07, 6.45) is 10.5. The van der Waals surface area contributed by atoms with Crippen LogP contribution in [0.5, 0.6) is 0 Å². The molecule has 3 fully saturated rings. The first-order chi connectivity index (χ1) is 15.7. The predicted molar refractivity (Wildman–Crippen MR) is 129 cm³/mol. The lowest BCUT2D eigenvalue weighted by Crippen LogP contribution is -2.55. The van der Waals surface area contributed by atoms with E-state index in [4.69, 9.17) is 9.72 Å². The Balaban J connectivity index is 1.32. The van der Waals surface area contributed by atoms with Gasteiger partial charge in [0.1, 0.15) is 11.6 Å². The molecule has 0 aliphatic carbocycles. The van der Waals surface area contributed by atoms with E-state index in [-0.39, 0.29) is 6.17 Å². The van der Waals surface area contributed by atoms with Crippen molar-refractivity contribution < 1.29 is 4.74 Å². The molecule has 5 heterocycles. The molecule has 0 spiro atoms. The zero-order valence-corrected chi connectivity index (χ0v) is 19.3. The third-order valence-corrected chi connectivity index (χ3v) is 7.25. The lowest BCUT2D eigenvalue weighted by atomic mass is 9.81. The molecule has 5 atom stereocenters. The Hall–Kier alpha value is -2.00. The highest BCUT2D eigenvalue weighted by atomic mass is 16.5. The number of pyridine rings is 2. The minimum atomic E-state index is 0.168. The van der Waals surface area contributed by atoms with Crippen molar-refractivity contribution in [2.24, 2.45) is 0 Å². The molecule has 5 rings (SSSR count). The van der Waals surface area contributed by atoms with Gasteiger partial charge >= 0.3 is 0 Å². The lowest BCUT2D eigenvalue weighted by molar-refractivity contribution is 0.0280. The fourth-order valence-corrected chi connectivity index (χ4v) is 5.79. The minimum Gasteiger partial charge on any atom is -0.385 e. The van der Waals surface area contributed by atoms with Crippen LogP contribution in [0, 0.1) is 0 Å². The molecule has 4 N–H and O–H groups in total. The summed E-state index contributed by atoms with van der Waals surface area (Å²) in [6, 6.07) is 8.39. The van der Waals surface area contributed by atoms with Gasteiger partial charge in [-0.3, -0.25) is 15.3 Å². The van der Waals surface area contributed by atoms with E-state index >= 15 is 0 Å². The molecule has 3 saturated heterocycles. The number of hydrogen-bond donors (Lipinski definition) is 4. The summed E-state index contributed by atoms with van der Waals surface area (Å²) in [6.45, 7) is 4.18. The molecule has 32 heavy (non-hydrogen) atoms. The molecule has 3 aliphatic heterocycles. The van der Waals surface area contributed by atoms with Gasteiger partial charge in [-0.2, -0.15) is 0 Å². The Morgan fingerprint density at radius 1 is 1.16 bits per heavy atom. The van der Waals surface area contributed by atoms with Crippen LogP contribution in [0.25, 0.3) is 10.9 Å². The summed E-state index contributed by atoms with van der Waals surface area (Å²) >= 11 is 0. The molecule has 8 nitrogen and oxygen atoms in total. The van der Waals surface area contributed by atoms with Gasteiger partial charge in [0.2, 0.25) is 0 Å². The first kappa shape index (κ1) is 21.8. The van der Waals surface area contributed by atoms with Crippen molar-refractivity contribution in [2.45, 2.75) is 82.2 Å². The van der Waals surface area contributed by atoms with Crippen molar-refractivity contribution in [3.8, 4) is 0 Å². The van der Waals surface area contributed by atoms with Crippen molar-refractivity contribution in [3.63, 3.8) is 0 Å². The molecule has 0 radical (unpaired) electrons. The largest absolute Gasteiger partial charge is 0.385 e. The molecule has 0 amide bonds. The summed E-state index contributed by atoms with van der Waals surface area (Å²) in [7, 11) is 1.80. The highest BCUT2D eigenvalue weighted by Crippen LogP contribution is 2.36. The van der Waals surface area contributed by atoms with Gasteiger partial charge in [0.15, 0.2) is 0 Å². The van der Waals surface area contributed by atoms with Gasteiger partial charge < -0.3 is 15.4 Å². The van der Waals surface area contributed by atoms with Crippen LogP contribution in [-0.4, -0.2) is 65.5 Å². The first-order valence-corrected chi connectivity index (χ1v) is 12.2. The molecular formula is C24H37N7O. The van der Waals surface area contributed by atoms with Crippen LogP contribution in [0.2, 0.25) is 0 Å². The summed E-state index contributed by atoms with van der Waals surface area (Å²) in [4.78, 5) is 12.4. The Labute approximate surface area is 190 Å². The van der Waals surface area contributed by atoms with E-state index in [1.54, 1.807) is 7.11 Å². The number of rotatable bonds is 8. The van der Waals surface area contributed by atoms with Gasteiger partial charge in [0, 0.05) is 62.1 Å². The predicted octanol–water partition coefficient (Wildman–Crippen LogP) is 3.09. The van der Waals surface area contributed by atoms with Gasteiger partial charge in [-0.15, -0.1) is 0 Å². The second-order valence-corrected chi connectivity index (χ2v) is 9.68. The second-order valence-electron chi connectivity index (χ2n) is 9.68. The molecule has 8 heteroatoms. The highest BCUT2D eigenvalue weighted by Gasteiger charge is 2.38. The van der Waals surface area contributed by atoms with Crippen molar-refractivity contribution in [1.82, 2.24) is 25.7 Å². The molecule has 2 bridgehead atoms. The fraction of sp³-hybridized carbons (Fsp3) is 0.667. The monoisotopic (exact) mass is 439 g/mol. The summed E-state index contributed by atoms with van der Waals surface area (Å²) in [5.74, 6) is 1.82. The van der Waals surface area contributed by atoms with Crippen LogP contribution in [0.1, 0.15) is 51.9 Å². The molecule has 3 aliphatic rings. The Bertz CT molecular complexity index is 895. The van der Waals surface area contributed by atoms with Crippen LogP contribution in [0.15, 0.2) is 24.4 Å². The SMILES string of the molecule is COCCCN1[C@@H]2CCC[C@H]1CC(Nc1nc(NC3CC(C)NN3)cc3ncccc13)C2. The normalized spacial score (nSPS) is 30.5. The molecule has 0 aromatic carbocycles. The number of nitrogens with one attached hydrogen (secondary N) is 4. The summed E-state index contributed by atoms with van der Waals surface area (Å²) in [5.41, 5.74) is 7.54. The number of fused-ring (bicyclic) bond motifs is 3. The zero-order chi connectivity index (χ0) is 21.9. The zero-order valence-electron chi connectivity index (χ0n) is 19.3. The number of hydrogen-bond acceptors (Lipinski definition) is 8. The number of anilines is 2. The number of methoxy groups -OCH3 is 1. The van der Waals surface area contributed by atoms with E-state index < -0.39 is 0 Å². The maximum absolute atomic E-state index is 5.29. The third-order valence-electron chi connectivity index (χ3n) is 7.25. The minimum absolute atomic E-state index is 0.168. The maximum atomic E-state index is 5.29. The molecule has 2 aromatic rings. The van der Waals surface area contributed by atoms with Crippen LogP contribution >= 0.6 is 0 Å². The number of ether oxygens (including phenoxy) is 1. The summed E-state index contributed by atoms with van der Waals surface area (Å²) < 4.78 is 5.29. The molecule has 3 unspecified atom stereocenters. The first-order valence-electron chi connectivity index (χ1n) is 12.2. The fourth-order valence-electron chi connectivity index (χ4n) is 5.79. The van der Waals surface area contributed by atoms with E-state index in [2.05, 4.69) is 50.4 Å². The topological polar surface area (TPSA) is 86.4 Å². The Kier molecular flexibility index (Phi) is 6.73. The Morgan fingerprint density at radius 2 is 2.00 bits per heavy atom. The van der Waals surface area contributed by atoms with Gasteiger partial charge in [0.25, 0.3) is 0 Å². The van der Waals surface area contributed by atoms with Crippen LogP contribution in [0.3, 0.4) is 0 Å². The highest BCUT2D eigenvalue weighted by molar-refractivity contribution is 5.91. The van der Waals surface area contributed by atoms with Gasteiger partial charge in [-0.05, 0) is 57.6 Å². The van der Waals surface area contributed by atoms with Crippen LogP contribution in [0.4, 0.5) is 11.6 Å². The van der Waals surface area contributed by atoms with Crippen molar-refractivity contribution in [1.29, 1.82) is 0 Å². The quantitative estimate of drug-likeness (QED) is 0.467. The van der Waals surface area contributed by atoms with Crippen molar-refractivity contribution in [3.05, 3.63) is 24.4 Å². The number of piperidine rings is 2. The van der Waals surface area contributed by atoms with E-state index in [0.717, 1.165) is 48.5 Å². The lowest BCUT2D eigenvalue weighted by Gasteiger charge is -2.49. The average Bonchev–Trinajstić information content (AvgIpc) is 3.18. The molecular weight excluding hydrogens is 402 g/mol.